The molecule has 1 amide bonds. The van der Waals surface area contributed by atoms with Crippen LogP contribution in [0.2, 0.25) is 0 Å². The number of aromatic nitrogens is 1. The van der Waals surface area contributed by atoms with Crippen molar-refractivity contribution in [1.29, 1.82) is 0 Å². The van der Waals surface area contributed by atoms with Gasteiger partial charge in [0.2, 0.25) is 0 Å². The summed E-state index contributed by atoms with van der Waals surface area (Å²) in [7, 11) is 1.70. The lowest BCUT2D eigenvalue weighted by atomic mass is 10.1. The van der Waals surface area contributed by atoms with Gasteiger partial charge in [-0.3, -0.25) is 4.79 Å². The highest BCUT2D eigenvalue weighted by Crippen LogP contribution is 2.22. The topological polar surface area (TPSA) is 77.2 Å². The molecule has 0 saturated heterocycles. The number of nitrogen functional groups attached to an aromatic ring is 1. The van der Waals surface area contributed by atoms with Gasteiger partial charge in [0.15, 0.2) is 0 Å². The number of carbonyl (C=O) groups excluding carboxylic acids is 1. The number of nitrogens with one attached hydrogen (secondary N) is 1. The van der Waals surface area contributed by atoms with Crippen molar-refractivity contribution in [3.05, 3.63) is 36.0 Å². The van der Waals surface area contributed by atoms with Crippen LogP contribution < -0.4 is 11.1 Å². The fraction of sp³-hybridized carbons (Fsp3) is 0.375. The molecule has 1 heterocycles. The molecule has 0 aliphatic carbocycles. The van der Waals surface area contributed by atoms with Crippen LogP contribution in [0.3, 0.4) is 0 Å². The summed E-state index contributed by atoms with van der Waals surface area (Å²) in [5.74, 6) is 0.340. The van der Waals surface area contributed by atoms with E-state index in [1.54, 1.807) is 7.11 Å². The van der Waals surface area contributed by atoms with E-state index in [1.165, 1.54) is 6.20 Å². The Balaban J connectivity index is 1.98. The minimum absolute atomic E-state index is 0.106. The van der Waals surface area contributed by atoms with Crippen LogP contribution in [-0.4, -0.2) is 31.2 Å². The summed E-state index contributed by atoms with van der Waals surface area (Å²) in [6.07, 6.45) is 4.53. The predicted molar refractivity (Wildman–Crippen MR) is 84.2 cm³/mol. The van der Waals surface area contributed by atoms with Crippen LogP contribution in [0, 0.1) is 0 Å². The number of carbonyl (C=O) groups is 1. The Bertz CT molecular complexity index is 613. The summed E-state index contributed by atoms with van der Waals surface area (Å²) in [5.41, 5.74) is 6.41. The van der Waals surface area contributed by atoms with Crippen molar-refractivity contribution < 1.29 is 9.53 Å². The third-order valence-electron chi connectivity index (χ3n) is 3.38. The van der Waals surface area contributed by atoms with E-state index in [0.29, 0.717) is 17.9 Å². The zero-order chi connectivity index (χ0) is 15.1. The number of hydrogen-bond acceptors (Lipinski definition) is 4. The van der Waals surface area contributed by atoms with Gasteiger partial charge >= 0.3 is 0 Å². The van der Waals surface area contributed by atoms with Crippen LogP contribution in [0.15, 0.2) is 30.5 Å². The SMILES string of the molecule is COCCCCCNC(=O)c1cnc(N)c2ccccc12. The van der Waals surface area contributed by atoms with Crippen LogP contribution in [0.5, 0.6) is 0 Å². The Morgan fingerprint density at radius 2 is 2.00 bits per heavy atom. The number of methoxy groups -OCH3 is 1. The van der Waals surface area contributed by atoms with Gasteiger partial charge in [-0.2, -0.15) is 0 Å². The van der Waals surface area contributed by atoms with Gasteiger partial charge in [-0.25, -0.2) is 4.98 Å². The van der Waals surface area contributed by atoms with E-state index in [4.69, 9.17) is 10.5 Å². The molecule has 5 heteroatoms. The second-order valence-electron chi connectivity index (χ2n) is 4.91. The molecular weight excluding hydrogens is 266 g/mol. The molecule has 0 unspecified atom stereocenters. The molecule has 112 valence electrons. The van der Waals surface area contributed by atoms with Crippen LogP contribution in [-0.2, 0) is 4.74 Å². The number of ether oxygens (including phenoxy) is 1. The summed E-state index contributed by atoms with van der Waals surface area (Å²) in [5, 5.41) is 4.57. The number of rotatable bonds is 7. The molecule has 2 aromatic rings. The molecule has 21 heavy (non-hydrogen) atoms. The van der Waals surface area contributed by atoms with Gasteiger partial charge in [0.1, 0.15) is 5.82 Å². The minimum atomic E-state index is -0.106. The Labute approximate surface area is 124 Å². The molecule has 3 N–H and O–H groups in total. The first-order valence-electron chi connectivity index (χ1n) is 7.14. The Kier molecular flexibility index (Phi) is 5.51. The molecule has 5 nitrogen and oxygen atoms in total. The van der Waals surface area contributed by atoms with E-state index in [0.717, 1.165) is 36.6 Å². The first-order valence-corrected chi connectivity index (χ1v) is 7.14. The van der Waals surface area contributed by atoms with Gasteiger partial charge in [0.25, 0.3) is 5.91 Å². The smallest absolute Gasteiger partial charge is 0.253 e. The Morgan fingerprint density at radius 3 is 2.76 bits per heavy atom. The van der Waals surface area contributed by atoms with Crippen LogP contribution in [0.1, 0.15) is 29.6 Å². The highest BCUT2D eigenvalue weighted by molar-refractivity contribution is 6.08. The third-order valence-corrected chi connectivity index (χ3v) is 3.38. The summed E-state index contributed by atoms with van der Waals surface area (Å²) in [6.45, 7) is 1.42. The average molecular weight is 287 g/mol. The van der Waals surface area contributed by atoms with Gasteiger partial charge in [0.05, 0.1) is 5.56 Å². The monoisotopic (exact) mass is 287 g/mol. The molecule has 0 aliphatic rings. The molecule has 0 radical (unpaired) electrons. The molecular formula is C16H21N3O2. The number of anilines is 1. The molecule has 0 atom stereocenters. The number of fused-ring (bicyclic) bond motifs is 1. The largest absolute Gasteiger partial charge is 0.385 e. The van der Waals surface area contributed by atoms with E-state index in [-0.39, 0.29) is 5.91 Å². The van der Waals surface area contributed by atoms with E-state index < -0.39 is 0 Å². The van der Waals surface area contributed by atoms with Crippen molar-refractivity contribution in [3.63, 3.8) is 0 Å². The number of nitrogens with two attached hydrogens (primary N) is 1. The number of pyridine rings is 1. The maximum Gasteiger partial charge on any atom is 0.253 e. The predicted octanol–water partition coefficient (Wildman–Crippen LogP) is 2.36. The van der Waals surface area contributed by atoms with Crippen molar-refractivity contribution in [2.45, 2.75) is 19.3 Å². The molecule has 0 bridgehead atoms. The fourth-order valence-corrected chi connectivity index (χ4v) is 2.24. The molecule has 0 spiro atoms. The van der Waals surface area contributed by atoms with Gasteiger partial charge < -0.3 is 15.8 Å². The van der Waals surface area contributed by atoms with E-state index in [1.807, 2.05) is 24.3 Å². The maximum atomic E-state index is 12.2. The normalized spacial score (nSPS) is 10.7. The quantitative estimate of drug-likeness (QED) is 0.766. The zero-order valence-corrected chi connectivity index (χ0v) is 12.3. The summed E-state index contributed by atoms with van der Waals surface area (Å²) in [6, 6.07) is 7.54. The van der Waals surface area contributed by atoms with Crippen molar-refractivity contribution in [2.75, 3.05) is 26.0 Å². The first-order chi connectivity index (χ1) is 10.2. The Hall–Kier alpha value is -2.14. The summed E-state index contributed by atoms with van der Waals surface area (Å²) in [4.78, 5) is 16.3. The first kappa shape index (κ1) is 15.3. The van der Waals surface area contributed by atoms with E-state index in [9.17, 15) is 4.79 Å². The van der Waals surface area contributed by atoms with Gasteiger partial charge in [-0.15, -0.1) is 0 Å². The van der Waals surface area contributed by atoms with Crippen LogP contribution >= 0.6 is 0 Å². The second-order valence-corrected chi connectivity index (χ2v) is 4.91. The number of benzene rings is 1. The average Bonchev–Trinajstić information content (AvgIpc) is 2.51. The highest BCUT2D eigenvalue weighted by atomic mass is 16.5. The Morgan fingerprint density at radius 1 is 1.24 bits per heavy atom. The van der Waals surface area contributed by atoms with E-state index >= 15 is 0 Å². The lowest BCUT2D eigenvalue weighted by Gasteiger charge is -2.09. The molecule has 2 rings (SSSR count). The molecule has 0 fully saturated rings. The van der Waals surface area contributed by atoms with Gasteiger partial charge in [-0.05, 0) is 24.6 Å². The van der Waals surface area contributed by atoms with Crippen molar-refractivity contribution in [2.24, 2.45) is 0 Å². The van der Waals surface area contributed by atoms with Gasteiger partial charge in [0, 0.05) is 31.8 Å². The van der Waals surface area contributed by atoms with Crippen molar-refractivity contribution >= 4 is 22.5 Å². The van der Waals surface area contributed by atoms with Gasteiger partial charge in [-0.1, -0.05) is 24.3 Å². The van der Waals surface area contributed by atoms with E-state index in [2.05, 4.69) is 10.3 Å². The lowest BCUT2D eigenvalue weighted by Crippen LogP contribution is -2.25. The van der Waals surface area contributed by atoms with Crippen molar-refractivity contribution in [3.8, 4) is 0 Å². The zero-order valence-electron chi connectivity index (χ0n) is 12.3. The molecule has 0 saturated carbocycles. The lowest BCUT2D eigenvalue weighted by molar-refractivity contribution is 0.0954. The molecule has 1 aromatic carbocycles. The minimum Gasteiger partial charge on any atom is -0.385 e. The molecule has 1 aromatic heterocycles. The second kappa shape index (κ2) is 7.59. The maximum absolute atomic E-state index is 12.2. The van der Waals surface area contributed by atoms with Crippen molar-refractivity contribution in [1.82, 2.24) is 10.3 Å². The molecule has 0 aliphatic heterocycles. The number of amides is 1. The van der Waals surface area contributed by atoms with Crippen LogP contribution in [0.4, 0.5) is 5.82 Å². The van der Waals surface area contributed by atoms with Crippen LogP contribution in [0.25, 0.3) is 10.8 Å². The number of unbranched alkanes of at least 4 members (excludes halogenated alkanes) is 2. The number of nitrogens with zero attached hydrogens (tertiary/aromatic N) is 1. The summed E-state index contributed by atoms with van der Waals surface area (Å²) < 4.78 is 4.99. The third kappa shape index (κ3) is 3.92. The highest BCUT2D eigenvalue weighted by Gasteiger charge is 2.11. The summed E-state index contributed by atoms with van der Waals surface area (Å²) >= 11 is 0. The fourth-order valence-electron chi connectivity index (χ4n) is 2.24. The number of hydrogen-bond donors (Lipinski definition) is 2. The standard InChI is InChI=1S/C16H21N3O2/c1-21-10-6-2-5-9-18-16(20)14-11-19-15(17)13-8-4-3-7-12(13)14/h3-4,7-8,11H,2,5-6,9-10H2,1H3,(H2,17,19)(H,18,20).